The second kappa shape index (κ2) is 5.13. The Balaban J connectivity index is 2.16. The summed E-state index contributed by atoms with van der Waals surface area (Å²) in [5.41, 5.74) is 2.43. The minimum absolute atomic E-state index is 0.0671. The molecule has 0 spiro atoms. The average Bonchev–Trinajstić information content (AvgIpc) is 2.48. The molecule has 0 atom stereocenters. The van der Waals surface area contributed by atoms with Gasteiger partial charge in [0.15, 0.2) is 0 Å². The Labute approximate surface area is 117 Å². The van der Waals surface area contributed by atoms with Crippen LogP contribution in [-0.2, 0) is 0 Å². The van der Waals surface area contributed by atoms with E-state index >= 15 is 0 Å². The van der Waals surface area contributed by atoms with Crippen molar-refractivity contribution in [1.82, 2.24) is 9.55 Å². The van der Waals surface area contributed by atoms with Crippen molar-refractivity contribution in [2.45, 2.75) is 6.92 Å². The van der Waals surface area contributed by atoms with Crippen molar-refractivity contribution in [3.63, 3.8) is 0 Å². The highest BCUT2D eigenvalue weighted by Gasteiger charge is 2.08. The first-order chi connectivity index (χ1) is 9.75. The molecule has 98 valence electrons. The second-order valence-electron chi connectivity index (χ2n) is 4.56. The fourth-order valence-electron chi connectivity index (χ4n) is 2.25. The summed E-state index contributed by atoms with van der Waals surface area (Å²) in [6, 6.07) is 20.9. The van der Waals surface area contributed by atoms with Crippen molar-refractivity contribution in [2.24, 2.45) is 0 Å². The maximum atomic E-state index is 12.4. The maximum Gasteiger partial charge on any atom is 0.258 e. The molecule has 0 fully saturated rings. The first-order valence-electron chi connectivity index (χ1n) is 6.47. The topological polar surface area (TPSA) is 34.9 Å². The summed E-state index contributed by atoms with van der Waals surface area (Å²) < 4.78 is 1.62. The number of hydrogen-bond acceptors (Lipinski definition) is 2. The SMILES string of the molecule is Cc1nc(-c2ccccc2)cc(=O)n1-c1ccccc1. The summed E-state index contributed by atoms with van der Waals surface area (Å²) >= 11 is 0. The molecule has 0 aliphatic heterocycles. The normalized spacial score (nSPS) is 10.4. The van der Waals surface area contributed by atoms with Gasteiger partial charge in [0.25, 0.3) is 5.56 Å². The summed E-state index contributed by atoms with van der Waals surface area (Å²) in [4.78, 5) is 16.9. The van der Waals surface area contributed by atoms with E-state index in [9.17, 15) is 4.79 Å². The van der Waals surface area contributed by atoms with E-state index in [-0.39, 0.29) is 5.56 Å². The van der Waals surface area contributed by atoms with Crippen LogP contribution in [0, 0.1) is 6.92 Å². The molecular weight excluding hydrogens is 248 g/mol. The molecule has 0 saturated heterocycles. The van der Waals surface area contributed by atoms with Gasteiger partial charge >= 0.3 is 0 Å². The molecule has 3 rings (SSSR count). The van der Waals surface area contributed by atoms with Crippen LogP contribution in [-0.4, -0.2) is 9.55 Å². The van der Waals surface area contributed by atoms with Gasteiger partial charge in [-0.05, 0) is 19.1 Å². The van der Waals surface area contributed by atoms with E-state index in [1.54, 1.807) is 10.6 Å². The molecule has 2 aromatic carbocycles. The predicted molar refractivity (Wildman–Crippen MR) is 80.0 cm³/mol. The first-order valence-corrected chi connectivity index (χ1v) is 6.47. The zero-order valence-electron chi connectivity index (χ0n) is 11.2. The lowest BCUT2D eigenvalue weighted by Crippen LogP contribution is -2.21. The third-order valence-corrected chi connectivity index (χ3v) is 3.17. The fourth-order valence-corrected chi connectivity index (χ4v) is 2.25. The van der Waals surface area contributed by atoms with Gasteiger partial charge in [-0.3, -0.25) is 9.36 Å². The summed E-state index contributed by atoms with van der Waals surface area (Å²) in [5.74, 6) is 0.683. The summed E-state index contributed by atoms with van der Waals surface area (Å²) in [6.45, 7) is 1.85. The molecule has 0 bridgehead atoms. The number of para-hydroxylation sites is 1. The van der Waals surface area contributed by atoms with Gasteiger partial charge in [-0.1, -0.05) is 48.5 Å². The quantitative estimate of drug-likeness (QED) is 0.710. The van der Waals surface area contributed by atoms with Crippen molar-refractivity contribution in [2.75, 3.05) is 0 Å². The number of benzene rings is 2. The molecule has 3 aromatic rings. The van der Waals surface area contributed by atoms with Crippen LogP contribution in [0.2, 0.25) is 0 Å². The molecular formula is C17H14N2O. The van der Waals surface area contributed by atoms with Crippen molar-refractivity contribution >= 4 is 0 Å². The van der Waals surface area contributed by atoms with Gasteiger partial charge in [0.05, 0.1) is 11.4 Å². The van der Waals surface area contributed by atoms with E-state index in [1.807, 2.05) is 67.6 Å². The number of aryl methyl sites for hydroxylation is 1. The summed E-state index contributed by atoms with van der Waals surface area (Å²) in [7, 11) is 0. The van der Waals surface area contributed by atoms with E-state index in [0.717, 1.165) is 11.3 Å². The Morgan fingerprint density at radius 2 is 1.50 bits per heavy atom. The van der Waals surface area contributed by atoms with Crippen LogP contribution in [0.5, 0.6) is 0 Å². The lowest BCUT2D eigenvalue weighted by molar-refractivity contribution is 0.874. The predicted octanol–water partition coefficient (Wildman–Crippen LogP) is 3.21. The highest BCUT2D eigenvalue weighted by atomic mass is 16.1. The molecule has 1 aromatic heterocycles. The molecule has 0 radical (unpaired) electrons. The van der Waals surface area contributed by atoms with Crippen molar-refractivity contribution in [3.8, 4) is 16.9 Å². The van der Waals surface area contributed by atoms with Crippen molar-refractivity contribution in [1.29, 1.82) is 0 Å². The highest BCUT2D eigenvalue weighted by Crippen LogP contribution is 2.16. The molecule has 0 aliphatic rings. The van der Waals surface area contributed by atoms with Crippen LogP contribution in [0.4, 0.5) is 0 Å². The zero-order valence-corrected chi connectivity index (χ0v) is 11.2. The number of nitrogens with zero attached hydrogens (tertiary/aromatic N) is 2. The summed E-state index contributed by atoms with van der Waals surface area (Å²) in [5, 5.41) is 0. The third-order valence-electron chi connectivity index (χ3n) is 3.17. The van der Waals surface area contributed by atoms with Crippen LogP contribution in [0.1, 0.15) is 5.82 Å². The van der Waals surface area contributed by atoms with Crippen molar-refractivity contribution < 1.29 is 0 Å². The molecule has 0 unspecified atom stereocenters. The van der Waals surface area contributed by atoms with Gasteiger partial charge in [0.2, 0.25) is 0 Å². The largest absolute Gasteiger partial charge is 0.269 e. The zero-order chi connectivity index (χ0) is 13.9. The lowest BCUT2D eigenvalue weighted by atomic mass is 10.1. The van der Waals surface area contributed by atoms with Crippen LogP contribution < -0.4 is 5.56 Å². The van der Waals surface area contributed by atoms with Gasteiger partial charge < -0.3 is 0 Å². The molecule has 0 aliphatic carbocycles. The van der Waals surface area contributed by atoms with E-state index in [4.69, 9.17) is 0 Å². The minimum atomic E-state index is -0.0671. The molecule has 1 heterocycles. The minimum Gasteiger partial charge on any atom is -0.269 e. The third kappa shape index (κ3) is 2.26. The second-order valence-corrected chi connectivity index (χ2v) is 4.56. The molecule has 3 nitrogen and oxygen atoms in total. The molecule has 3 heteroatoms. The molecule has 0 amide bonds. The van der Waals surface area contributed by atoms with Crippen LogP contribution in [0.15, 0.2) is 71.5 Å². The molecule has 0 N–H and O–H groups in total. The Morgan fingerprint density at radius 3 is 2.10 bits per heavy atom. The van der Waals surface area contributed by atoms with Crippen molar-refractivity contribution in [3.05, 3.63) is 82.9 Å². The number of aromatic nitrogens is 2. The standard InChI is InChI=1S/C17H14N2O/c1-13-18-16(14-8-4-2-5-9-14)12-17(20)19(13)15-10-6-3-7-11-15/h2-12H,1H3. The Bertz CT molecular complexity index is 777. The van der Waals surface area contributed by atoms with Gasteiger partial charge in [-0.15, -0.1) is 0 Å². The lowest BCUT2D eigenvalue weighted by Gasteiger charge is -2.10. The molecule has 20 heavy (non-hydrogen) atoms. The van der Waals surface area contributed by atoms with Crippen LogP contribution >= 0.6 is 0 Å². The van der Waals surface area contributed by atoms with Gasteiger partial charge in [-0.25, -0.2) is 4.98 Å². The number of rotatable bonds is 2. The van der Waals surface area contributed by atoms with E-state index in [1.165, 1.54) is 0 Å². The fraction of sp³-hybridized carbons (Fsp3) is 0.0588. The Kier molecular flexibility index (Phi) is 3.17. The van der Waals surface area contributed by atoms with E-state index in [2.05, 4.69) is 4.98 Å². The van der Waals surface area contributed by atoms with Gasteiger partial charge in [-0.2, -0.15) is 0 Å². The van der Waals surface area contributed by atoms with Crippen LogP contribution in [0.3, 0.4) is 0 Å². The highest BCUT2D eigenvalue weighted by molar-refractivity contribution is 5.58. The first kappa shape index (κ1) is 12.4. The molecule has 0 saturated carbocycles. The van der Waals surface area contributed by atoms with Gasteiger partial charge in [0, 0.05) is 11.6 Å². The summed E-state index contributed by atoms with van der Waals surface area (Å²) in [6.07, 6.45) is 0. The Hall–Kier alpha value is -2.68. The Morgan fingerprint density at radius 1 is 0.900 bits per heavy atom. The monoisotopic (exact) mass is 262 g/mol. The van der Waals surface area contributed by atoms with Crippen LogP contribution in [0.25, 0.3) is 16.9 Å². The van der Waals surface area contributed by atoms with Gasteiger partial charge in [0.1, 0.15) is 5.82 Å². The van der Waals surface area contributed by atoms with E-state index < -0.39 is 0 Å². The smallest absolute Gasteiger partial charge is 0.258 e. The average molecular weight is 262 g/mol. The van der Waals surface area contributed by atoms with E-state index in [0.29, 0.717) is 11.5 Å². The maximum absolute atomic E-state index is 12.4. The number of hydrogen-bond donors (Lipinski definition) is 0.